The zero-order chi connectivity index (χ0) is 13.1. The van der Waals surface area contributed by atoms with Crippen molar-refractivity contribution in [2.75, 3.05) is 11.9 Å². The van der Waals surface area contributed by atoms with Crippen molar-refractivity contribution >= 4 is 17.0 Å². The Morgan fingerprint density at radius 2 is 2.17 bits per heavy atom. The molecule has 2 rings (SSSR count). The Bertz CT molecular complexity index is 509. The fourth-order valence-electron chi connectivity index (χ4n) is 1.96. The van der Waals surface area contributed by atoms with Gasteiger partial charge in [0.15, 0.2) is 0 Å². The van der Waals surface area contributed by atoms with Crippen LogP contribution in [0.4, 0.5) is 10.1 Å². The molecule has 0 saturated heterocycles. The average molecular weight is 264 g/mol. The first-order valence-corrected chi connectivity index (χ1v) is 6.74. The standard InChI is InChI=1S/C14H17FN2S/c1-10(16)13-8-11(15)5-6-14(13)17(2)9-12-4-3-7-18-12/h3-8,10H,9,16H2,1-2H3. The van der Waals surface area contributed by atoms with Crippen LogP contribution in [-0.2, 0) is 6.54 Å². The first-order valence-electron chi connectivity index (χ1n) is 5.86. The van der Waals surface area contributed by atoms with Gasteiger partial charge < -0.3 is 10.6 Å². The quantitative estimate of drug-likeness (QED) is 0.915. The van der Waals surface area contributed by atoms with Crippen molar-refractivity contribution in [3.8, 4) is 0 Å². The molecule has 0 bridgehead atoms. The van der Waals surface area contributed by atoms with E-state index in [1.807, 2.05) is 20.0 Å². The Kier molecular flexibility index (Phi) is 3.99. The second-order valence-corrected chi connectivity index (χ2v) is 5.46. The monoisotopic (exact) mass is 264 g/mol. The molecule has 0 saturated carbocycles. The van der Waals surface area contributed by atoms with E-state index in [-0.39, 0.29) is 11.9 Å². The van der Waals surface area contributed by atoms with E-state index in [4.69, 9.17) is 5.73 Å². The van der Waals surface area contributed by atoms with Crippen LogP contribution >= 0.6 is 11.3 Å². The minimum atomic E-state index is -0.240. The Morgan fingerprint density at radius 3 is 2.78 bits per heavy atom. The maximum absolute atomic E-state index is 13.3. The van der Waals surface area contributed by atoms with E-state index in [1.54, 1.807) is 17.4 Å². The van der Waals surface area contributed by atoms with Gasteiger partial charge in [0.05, 0.1) is 6.54 Å². The van der Waals surface area contributed by atoms with Gasteiger partial charge in [-0.2, -0.15) is 0 Å². The van der Waals surface area contributed by atoms with Gasteiger partial charge in [0, 0.05) is 23.7 Å². The van der Waals surface area contributed by atoms with Gasteiger partial charge in [0.1, 0.15) is 5.82 Å². The number of benzene rings is 1. The van der Waals surface area contributed by atoms with Gasteiger partial charge in [0.25, 0.3) is 0 Å². The lowest BCUT2D eigenvalue weighted by Gasteiger charge is -2.23. The summed E-state index contributed by atoms with van der Waals surface area (Å²) in [5, 5.41) is 2.06. The van der Waals surface area contributed by atoms with E-state index in [0.717, 1.165) is 17.8 Å². The highest BCUT2D eigenvalue weighted by atomic mass is 32.1. The van der Waals surface area contributed by atoms with E-state index < -0.39 is 0 Å². The van der Waals surface area contributed by atoms with Crippen LogP contribution < -0.4 is 10.6 Å². The van der Waals surface area contributed by atoms with Crippen molar-refractivity contribution in [3.05, 3.63) is 52.0 Å². The van der Waals surface area contributed by atoms with Gasteiger partial charge in [-0.05, 0) is 42.1 Å². The zero-order valence-electron chi connectivity index (χ0n) is 10.6. The van der Waals surface area contributed by atoms with Crippen LogP contribution in [0.2, 0.25) is 0 Å². The minimum Gasteiger partial charge on any atom is -0.369 e. The van der Waals surface area contributed by atoms with Gasteiger partial charge in [-0.3, -0.25) is 0 Å². The van der Waals surface area contributed by atoms with E-state index in [1.165, 1.54) is 17.0 Å². The summed E-state index contributed by atoms with van der Waals surface area (Å²) in [6, 6.07) is 8.74. The molecule has 2 nitrogen and oxygen atoms in total. The molecule has 0 fully saturated rings. The maximum atomic E-state index is 13.3. The predicted molar refractivity (Wildman–Crippen MR) is 75.4 cm³/mol. The van der Waals surface area contributed by atoms with Gasteiger partial charge in [-0.1, -0.05) is 6.07 Å². The summed E-state index contributed by atoms with van der Waals surface area (Å²) in [5.41, 5.74) is 7.73. The molecule has 96 valence electrons. The topological polar surface area (TPSA) is 29.3 Å². The van der Waals surface area contributed by atoms with E-state index in [2.05, 4.69) is 16.3 Å². The zero-order valence-corrected chi connectivity index (χ0v) is 11.4. The third-order valence-electron chi connectivity index (χ3n) is 2.86. The van der Waals surface area contributed by atoms with Gasteiger partial charge in [-0.15, -0.1) is 11.3 Å². The molecule has 1 unspecified atom stereocenters. The van der Waals surface area contributed by atoms with Crippen LogP contribution in [0.5, 0.6) is 0 Å². The van der Waals surface area contributed by atoms with Crippen molar-refractivity contribution in [3.63, 3.8) is 0 Å². The molecular formula is C14H17FN2S. The Balaban J connectivity index is 2.26. The van der Waals surface area contributed by atoms with Crippen molar-refractivity contribution in [1.29, 1.82) is 0 Å². The number of hydrogen-bond donors (Lipinski definition) is 1. The second-order valence-electron chi connectivity index (χ2n) is 4.43. The van der Waals surface area contributed by atoms with Crippen LogP contribution in [-0.4, -0.2) is 7.05 Å². The Hall–Kier alpha value is -1.39. The predicted octanol–water partition coefficient (Wildman–Crippen LogP) is 3.54. The van der Waals surface area contributed by atoms with Gasteiger partial charge in [0.2, 0.25) is 0 Å². The van der Waals surface area contributed by atoms with Crippen molar-refractivity contribution in [1.82, 2.24) is 0 Å². The largest absolute Gasteiger partial charge is 0.369 e. The second kappa shape index (κ2) is 5.50. The van der Waals surface area contributed by atoms with Crippen molar-refractivity contribution < 1.29 is 4.39 Å². The fourth-order valence-corrected chi connectivity index (χ4v) is 2.72. The highest BCUT2D eigenvalue weighted by Gasteiger charge is 2.12. The normalized spacial score (nSPS) is 12.4. The highest BCUT2D eigenvalue weighted by molar-refractivity contribution is 7.09. The Labute approximate surface area is 111 Å². The third-order valence-corrected chi connectivity index (χ3v) is 3.73. The molecule has 1 atom stereocenters. The third kappa shape index (κ3) is 2.89. The van der Waals surface area contributed by atoms with Crippen LogP contribution in [0.25, 0.3) is 0 Å². The summed E-state index contributed by atoms with van der Waals surface area (Å²) in [4.78, 5) is 3.38. The lowest BCUT2D eigenvalue weighted by molar-refractivity contribution is 0.622. The lowest BCUT2D eigenvalue weighted by Crippen LogP contribution is -2.19. The molecule has 0 aliphatic rings. The molecule has 1 heterocycles. The van der Waals surface area contributed by atoms with Crippen LogP contribution in [0.15, 0.2) is 35.7 Å². The summed E-state index contributed by atoms with van der Waals surface area (Å²) in [7, 11) is 2.00. The molecule has 0 aliphatic carbocycles. The molecule has 2 aromatic rings. The molecule has 0 spiro atoms. The molecule has 2 N–H and O–H groups in total. The minimum absolute atomic E-state index is 0.179. The number of rotatable bonds is 4. The molecule has 1 aromatic heterocycles. The number of halogens is 1. The molecule has 0 radical (unpaired) electrons. The highest BCUT2D eigenvalue weighted by Crippen LogP contribution is 2.27. The molecule has 1 aromatic carbocycles. The average Bonchev–Trinajstić information content (AvgIpc) is 2.81. The molecule has 18 heavy (non-hydrogen) atoms. The Morgan fingerprint density at radius 1 is 1.39 bits per heavy atom. The van der Waals surface area contributed by atoms with Crippen molar-refractivity contribution in [2.45, 2.75) is 19.5 Å². The fraction of sp³-hybridized carbons (Fsp3) is 0.286. The lowest BCUT2D eigenvalue weighted by atomic mass is 10.1. The van der Waals surface area contributed by atoms with Crippen LogP contribution in [0.1, 0.15) is 23.4 Å². The molecule has 0 amide bonds. The summed E-state index contributed by atoms with van der Waals surface area (Å²) in [6.07, 6.45) is 0. The molecule has 4 heteroatoms. The van der Waals surface area contributed by atoms with E-state index in [9.17, 15) is 4.39 Å². The summed E-state index contributed by atoms with van der Waals surface area (Å²) in [6.45, 7) is 2.68. The summed E-state index contributed by atoms with van der Waals surface area (Å²) >= 11 is 1.72. The number of nitrogens with two attached hydrogens (primary N) is 1. The molecule has 0 aliphatic heterocycles. The van der Waals surface area contributed by atoms with E-state index >= 15 is 0 Å². The first-order chi connectivity index (χ1) is 8.58. The summed E-state index contributed by atoms with van der Waals surface area (Å²) < 4.78 is 13.3. The number of anilines is 1. The maximum Gasteiger partial charge on any atom is 0.123 e. The van der Waals surface area contributed by atoms with Crippen molar-refractivity contribution in [2.24, 2.45) is 5.73 Å². The van der Waals surface area contributed by atoms with Gasteiger partial charge >= 0.3 is 0 Å². The molecular weight excluding hydrogens is 247 g/mol. The first kappa shape index (κ1) is 13.1. The van der Waals surface area contributed by atoms with Crippen LogP contribution in [0.3, 0.4) is 0 Å². The van der Waals surface area contributed by atoms with Gasteiger partial charge in [-0.25, -0.2) is 4.39 Å². The summed E-state index contributed by atoms with van der Waals surface area (Å²) in [5.74, 6) is -0.240. The smallest absolute Gasteiger partial charge is 0.123 e. The number of thiophene rings is 1. The SMILES string of the molecule is CC(N)c1cc(F)ccc1N(C)Cc1cccs1. The van der Waals surface area contributed by atoms with Crippen LogP contribution in [0, 0.1) is 5.82 Å². The number of nitrogens with zero attached hydrogens (tertiary/aromatic N) is 1. The number of hydrogen-bond acceptors (Lipinski definition) is 3. The van der Waals surface area contributed by atoms with E-state index in [0.29, 0.717) is 0 Å².